The fraction of sp³-hybridized carbons (Fsp3) is 0.619. The van der Waals surface area contributed by atoms with E-state index in [0.29, 0.717) is 31.2 Å². The summed E-state index contributed by atoms with van der Waals surface area (Å²) in [5.41, 5.74) is 0.684. The van der Waals surface area contributed by atoms with E-state index in [1.54, 1.807) is 0 Å². The zero-order valence-corrected chi connectivity index (χ0v) is 15.9. The topological polar surface area (TPSA) is 49.9 Å². The molecular formula is C21H30N2O3. The smallest absolute Gasteiger partial charge is 0.253 e. The van der Waals surface area contributed by atoms with Crippen LogP contribution in [0.25, 0.3) is 0 Å². The van der Waals surface area contributed by atoms with Crippen LogP contribution in [0.2, 0.25) is 0 Å². The Morgan fingerprint density at radius 1 is 0.962 bits per heavy atom. The lowest BCUT2D eigenvalue weighted by atomic mass is 9.92. The Morgan fingerprint density at radius 3 is 2.12 bits per heavy atom. The van der Waals surface area contributed by atoms with Crippen LogP contribution in [-0.4, -0.2) is 54.4 Å². The summed E-state index contributed by atoms with van der Waals surface area (Å²) in [6.07, 6.45) is 3.77. The predicted octanol–water partition coefficient (Wildman–Crippen LogP) is 3.20. The van der Waals surface area contributed by atoms with Crippen LogP contribution in [-0.2, 0) is 4.79 Å². The van der Waals surface area contributed by atoms with Crippen LogP contribution >= 0.6 is 0 Å². The number of hydrogen-bond acceptors (Lipinski definition) is 3. The van der Waals surface area contributed by atoms with E-state index in [9.17, 15) is 9.59 Å². The summed E-state index contributed by atoms with van der Waals surface area (Å²) in [4.78, 5) is 29.3. The van der Waals surface area contributed by atoms with Crippen molar-refractivity contribution >= 4 is 11.8 Å². The van der Waals surface area contributed by atoms with Gasteiger partial charge in [0.05, 0.1) is 6.61 Å². The average molecular weight is 358 g/mol. The molecule has 2 heterocycles. The molecule has 0 spiro atoms. The second-order valence-corrected chi connectivity index (χ2v) is 7.53. The largest absolute Gasteiger partial charge is 0.494 e. The Bertz CT molecular complexity index is 613. The molecule has 2 fully saturated rings. The molecule has 5 heteroatoms. The summed E-state index contributed by atoms with van der Waals surface area (Å²) in [7, 11) is 0. The van der Waals surface area contributed by atoms with Crippen LogP contribution in [0.4, 0.5) is 0 Å². The lowest BCUT2D eigenvalue weighted by Gasteiger charge is -2.36. The van der Waals surface area contributed by atoms with Gasteiger partial charge in [0.1, 0.15) is 5.75 Å². The molecule has 3 rings (SSSR count). The predicted molar refractivity (Wildman–Crippen MR) is 101 cm³/mol. The highest BCUT2D eigenvalue weighted by atomic mass is 16.5. The van der Waals surface area contributed by atoms with E-state index in [0.717, 1.165) is 50.4 Å². The minimum Gasteiger partial charge on any atom is -0.494 e. The Kier molecular flexibility index (Phi) is 6.17. The molecule has 142 valence electrons. The second-order valence-electron chi connectivity index (χ2n) is 7.53. The second kappa shape index (κ2) is 8.56. The van der Waals surface area contributed by atoms with E-state index < -0.39 is 0 Å². The Labute approximate surface area is 156 Å². The monoisotopic (exact) mass is 358 g/mol. The number of benzene rings is 1. The van der Waals surface area contributed by atoms with Gasteiger partial charge in [-0.15, -0.1) is 0 Å². The van der Waals surface area contributed by atoms with Gasteiger partial charge in [0.25, 0.3) is 5.91 Å². The van der Waals surface area contributed by atoms with Crippen LogP contribution in [0.3, 0.4) is 0 Å². The third-order valence-electron chi connectivity index (χ3n) is 5.64. The third-order valence-corrected chi connectivity index (χ3v) is 5.64. The highest BCUT2D eigenvalue weighted by molar-refractivity contribution is 5.94. The maximum absolute atomic E-state index is 12.7. The first-order valence-corrected chi connectivity index (χ1v) is 9.89. The van der Waals surface area contributed by atoms with E-state index >= 15 is 0 Å². The van der Waals surface area contributed by atoms with Gasteiger partial charge in [0.15, 0.2) is 0 Å². The van der Waals surface area contributed by atoms with Gasteiger partial charge in [0.2, 0.25) is 5.91 Å². The van der Waals surface area contributed by atoms with Gasteiger partial charge in [0, 0.05) is 37.7 Å². The molecule has 0 aromatic heterocycles. The van der Waals surface area contributed by atoms with Crippen molar-refractivity contribution in [1.29, 1.82) is 0 Å². The zero-order chi connectivity index (χ0) is 18.5. The van der Waals surface area contributed by atoms with E-state index in [1.807, 2.05) is 41.0 Å². The Morgan fingerprint density at radius 2 is 1.54 bits per heavy atom. The maximum atomic E-state index is 12.7. The molecule has 0 atom stereocenters. The first-order chi connectivity index (χ1) is 12.6. The van der Waals surface area contributed by atoms with Crippen LogP contribution in [0.15, 0.2) is 24.3 Å². The summed E-state index contributed by atoms with van der Waals surface area (Å²) < 4.78 is 5.42. The normalized spacial score (nSPS) is 19.5. The van der Waals surface area contributed by atoms with Gasteiger partial charge >= 0.3 is 0 Å². The van der Waals surface area contributed by atoms with Crippen molar-refractivity contribution in [2.24, 2.45) is 11.8 Å². The van der Waals surface area contributed by atoms with Gasteiger partial charge < -0.3 is 14.5 Å². The van der Waals surface area contributed by atoms with Gasteiger partial charge in [-0.3, -0.25) is 9.59 Å². The van der Waals surface area contributed by atoms with E-state index in [-0.39, 0.29) is 11.8 Å². The SMILES string of the molecule is CCOc1ccc(C(=O)N2CCC(C(=O)N3CCC(C)CC3)CC2)cc1. The van der Waals surface area contributed by atoms with Crippen molar-refractivity contribution in [2.45, 2.75) is 39.5 Å². The number of hydrogen-bond donors (Lipinski definition) is 0. The summed E-state index contributed by atoms with van der Waals surface area (Å²) in [6.45, 7) is 7.92. The summed E-state index contributed by atoms with van der Waals surface area (Å²) in [5.74, 6) is 1.93. The molecule has 5 nitrogen and oxygen atoms in total. The van der Waals surface area contributed by atoms with Gasteiger partial charge in [-0.2, -0.15) is 0 Å². The fourth-order valence-corrected chi connectivity index (χ4v) is 3.86. The number of nitrogens with zero attached hydrogens (tertiary/aromatic N) is 2. The van der Waals surface area contributed by atoms with Crippen molar-refractivity contribution in [2.75, 3.05) is 32.8 Å². The molecule has 1 aromatic carbocycles. The first kappa shape index (κ1) is 18.7. The van der Waals surface area contributed by atoms with E-state index in [2.05, 4.69) is 6.92 Å². The molecule has 0 N–H and O–H groups in total. The molecule has 0 saturated carbocycles. The molecule has 1 aromatic rings. The molecule has 2 saturated heterocycles. The highest BCUT2D eigenvalue weighted by Crippen LogP contribution is 2.24. The van der Waals surface area contributed by atoms with Crippen LogP contribution in [0.5, 0.6) is 5.75 Å². The number of likely N-dealkylation sites (tertiary alicyclic amines) is 2. The first-order valence-electron chi connectivity index (χ1n) is 9.89. The van der Waals surface area contributed by atoms with Gasteiger partial charge in [-0.1, -0.05) is 6.92 Å². The molecule has 2 amide bonds. The molecule has 2 aliphatic heterocycles. The lowest BCUT2D eigenvalue weighted by molar-refractivity contribution is -0.138. The van der Waals surface area contributed by atoms with Crippen molar-refractivity contribution < 1.29 is 14.3 Å². The van der Waals surface area contributed by atoms with Crippen molar-refractivity contribution in [1.82, 2.24) is 9.80 Å². The molecule has 0 bridgehead atoms. The highest BCUT2D eigenvalue weighted by Gasteiger charge is 2.31. The van der Waals surface area contributed by atoms with E-state index in [4.69, 9.17) is 4.74 Å². The molecular weight excluding hydrogens is 328 g/mol. The molecule has 0 radical (unpaired) electrons. The van der Waals surface area contributed by atoms with Crippen molar-refractivity contribution in [3.63, 3.8) is 0 Å². The number of ether oxygens (including phenoxy) is 1. The van der Waals surface area contributed by atoms with E-state index in [1.165, 1.54) is 0 Å². The number of carbonyl (C=O) groups is 2. The average Bonchev–Trinajstić information content (AvgIpc) is 2.68. The molecule has 26 heavy (non-hydrogen) atoms. The standard InChI is InChI=1S/C21H30N2O3/c1-3-26-19-6-4-17(5-7-19)20(24)23-14-10-18(11-15-23)21(25)22-12-8-16(2)9-13-22/h4-7,16,18H,3,8-15H2,1-2H3. The number of piperidine rings is 2. The van der Waals surface area contributed by atoms with Crippen molar-refractivity contribution in [3.05, 3.63) is 29.8 Å². The molecule has 0 aliphatic carbocycles. The van der Waals surface area contributed by atoms with Gasteiger partial charge in [-0.05, 0) is 62.8 Å². The molecule has 2 aliphatic rings. The fourth-order valence-electron chi connectivity index (χ4n) is 3.86. The van der Waals surface area contributed by atoms with Crippen LogP contribution < -0.4 is 4.74 Å². The minimum absolute atomic E-state index is 0.0470. The quantitative estimate of drug-likeness (QED) is 0.830. The zero-order valence-electron chi connectivity index (χ0n) is 15.9. The summed E-state index contributed by atoms with van der Waals surface area (Å²) >= 11 is 0. The number of rotatable bonds is 4. The Balaban J connectivity index is 1.51. The lowest BCUT2D eigenvalue weighted by Crippen LogP contribution is -2.46. The molecule has 0 unspecified atom stereocenters. The third kappa shape index (κ3) is 4.37. The van der Waals surface area contributed by atoms with Crippen LogP contribution in [0.1, 0.15) is 49.9 Å². The summed E-state index contributed by atoms with van der Waals surface area (Å²) in [6, 6.07) is 7.31. The van der Waals surface area contributed by atoms with Gasteiger partial charge in [-0.25, -0.2) is 0 Å². The maximum Gasteiger partial charge on any atom is 0.253 e. The van der Waals surface area contributed by atoms with Crippen LogP contribution in [0, 0.1) is 11.8 Å². The Hall–Kier alpha value is -2.04. The number of amides is 2. The minimum atomic E-state index is 0.0470. The number of carbonyl (C=O) groups excluding carboxylic acids is 2. The summed E-state index contributed by atoms with van der Waals surface area (Å²) in [5, 5.41) is 0. The van der Waals surface area contributed by atoms with Crippen molar-refractivity contribution in [3.8, 4) is 5.75 Å².